The lowest BCUT2D eigenvalue weighted by atomic mass is 10.1. The van der Waals surface area contributed by atoms with E-state index in [9.17, 15) is 21.6 Å². The van der Waals surface area contributed by atoms with Crippen LogP contribution in [0.2, 0.25) is 0 Å². The third kappa shape index (κ3) is 3.71. The quantitative estimate of drug-likeness (QED) is 0.841. The Labute approximate surface area is 97.9 Å². The van der Waals surface area contributed by atoms with E-state index in [0.29, 0.717) is 0 Å². The highest BCUT2D eigenvalue weighted by atomic mass is 32.2. The molecule has 0 fully saturated rings. The number of nitrogens with zero attached hydrogens (tertiary/aromatic N) is 1. The molecule has 1 rings (SSSR count). The molecule has 0 spiro atoms. The molecule has 0 unspecified atom stereocenters. The maximum absolute atomic E-state index is 12.4. The smallest absolute Gasteiger partial charge is 0.212 e. The Hall–Kier alpha value is -1.08. The maximum Gasteiger partial charge on any atom is 0.416 e. The van der Waals surface area contributed by atoms with Crippen molar-refractivity contribution in [1.82, 2.24) is 4.31 Å². The van der Waals surface area contributed by atoms with Gasteiger partial charge in [-0.1, -0.05) is 18.2 Å². The highest BCUT2D eigenvalue weighted by Crippen LogP contribution is 2.29. The zero-order chi connectivity index (χ0) is 13.3. The third-order valence-electron chi connectivity index (χ3n) is 2.16. The second-order valence-corrected chi connectivity index (χ2v) is 5.92. The van der Waals surface area contributed by atoms with Gasteiger partial charge in [-0.25, -0.2) is 12.7 Å². The molecule has 0 atom stereocenters. The maximum atomic E-state index is 12.4. The van der Waals surface area contributed by atoms with Crippen molar-refractivity contribution in [3.8, 4) is 0 Å². The van der Waals surface area contributed by atoms with Crippen LogP contribution in [0.15, 0.2) is 24.3 Å². The van der Waals surface area contributed by atoms with Gasteiger partial charge < -0.3 is 0 Å². The summed E-state index contributed by atoms with van der Waals surface area (Å²) < 4.78 is 61.2. The summed E-state index contributed by atoms with van der Waals surface area (Å²) in [5, 5.41) is 0. The van der Waals surface area contributed by atoms with Crippen molar-refractivity contribution < 1.29 is 21.6 Å². The van der Waals surface area contributed by atoms with Crippen LogP contribution in [-0.2, 0) is 22.0 Å². The molecule has 0 radical (unpaired) electrons. The molecule has 1 aromatic rings. The first kappa shape index (κ1) is 14.0. The third-order valence-corrected chi connectivity index (χ3v) is 3.97. The van der Waals surface area contributed by atoms with Crippen molar-refractivity contribution in [1.29, 1.82) is 0 Å². The molecule has 17 heavy (non-hydrogen) atoms. The zero-order valence-electron chi connectivity index (χ0n) is 9.32. The molecule has 0 aliphatic rings. The summed E-state index contributed by atoms with van der Waals surface area (Å²) in [5.41, 5.74) is -0.725. The van der Waals surface area contributed by atoms with E-state index < -0.39 is 27.5 Å². The Morgan fingerprint density at radius 1 is 1.24 bits per heavy atom. The molecule has 96 valence electrons. The molecule has 0 aliphatic heterocycles. The summed E-state index contributed by atoms with van der Waals surface area (Å²) in [5.74, 6) is -0.441. The van der Waals surface area contributed by atoms with Crippen LogP contribution in [0.25, 0.3) is 0 Å². The van der Waals surface area contributed by atoms with Crippen LogP contribution in [-0.4, -0.2) is 26.8 Å². The van der Waals surface area contributed by atoms with Gasteiger partial charge >= 0.3 is 6.18 Å². The fourth-order valence-electron chi connectivity index (χ4n) is 1.18. The van der Waals surface area contributed by atoms with Gasteiger partial charge in [-0.15, -0.1) is 0 Å². The second kappa shape index (κ2) is 4.66. The first-order valence-corrected chi connectivity index (χ1v) is 6.30. The van der Waals surface area contributed by atoms with Gasteiger partial charge in [0, 0.05) is 14.1 Å². The summed E-state index contributed by atoms with van der Waals surface area (Å²) in [4.78, 5) is 0. The number of sulfonamides is 1. The lowest BCUT2D eigenvalue weighted by Crippen LogP contribution is -2.23. The Bertz CT molecular complexity index is 495. The summed E-state index contributed by atoms with van der Waals surface area (Å²) in [6, 6.07) is 4.31. The fourth-order valence-corrected chi connectivity index (χ4v) is 2.04. The lowest BCUT2D eigenvalue weighted by molar-refractivity contribution is -0.137. The highest BCUT2D eigenvalue weighted by molar-refractivity contribution is 7.88. The molecule has 1 aromatic carbocycles. The van der Waals surface area contributed by atoms with Crippen LogP contribution in [0.1, 0.15) is 11.1 Å². The number of hydrogen-bond donors (Lipinski definition) is 0. The van der Waals surface area contributed by atoms with Crippen LogP contribution in [0.5, 0.6) is 0 Å². The SMILES string of the molecule is CN(C)S(=O)(=O)Cc1cccc(C(F)(F)F)c1. The van der Waals surface area contributed by atoms with Gasteiger partial charge in [0.2, 0.25) is 10.0 Å². The van der Waals surface area contributed by atoms with Crippen LogP contribution in [0.4, 0.5) is 13.2 Å². The second-order valence-electron chi connectivity index (χ2n) is 3.74. The van der Waals surface area contributed by atoms with E-state index in [2.05, 4.69) is 0 Å². The molecule has 7 heteroatoms. The monoisotopic (exact) mass is 267 g/mol. The van der Waals surface area contributed by atoms with Crippen molar-refractivity contribution >= 4 is 10.0 Å². The van der Waals surface area contributed by atoms with Gasteiger partial charge in [-0.3, -0.25) is 0 Å². The minimum Gasteiger partial charge on any atom is -0.212 e. The molecular weight excluding hydrogens is 255 g/mol. The largest absolute Gasteiger partial charge is 0.416 e. The summed E-state index contributed by atoms with van der Waals surface area (Å²) in [7, 11) is -0.875. The Kier molecular flexibility index (Phi) is 3.83. The van der Waals surface area contributed by atoms with Crippen LogP contribution < -0.4 is 0 Å². The lowest BCUT2D eigenvalue weighted by Gasteiger charge is -2.12. The fraction of sp³-hybridized carbons (Fsp3) is 0.400. The molecule has 0 N–H and O–H groups in total. The molecular formula is C10H12F3NO2S. The van der Waals surface area contributed by atoms with Crippen LogP contribution >= 0.6 is 0 Å². The Morgan fingerprint density at radius 3 is 2.29 bits per heavy atom. The number of hydrogen-bond acceptors (Lipinski definition) is 2. The average molecular weight is 267 g/mol. The first-order chi connectivity index (χ1) is 7.63. The predicted octanol–water partition coefficient (Wildman–Crippen LogP) is 2.10. The standard InChI is InChI=1S/C10H12F3NO2S/c1-14(2)17(15,16)7-8-4-3-5-9(6-8)10(11,12)13/h3-6H,7H2,1-2H3. The van der Waals surface area contributed by atoms with Crippen molar-refractivity contribution in [2.24, 2.45) is 0 Å². The topological polar surface area (TPSA) is 37.4 Å². The van der Waals surface area contributed by atoms with Gasteiger partial charge in [0.1, 0.15) is 0 Å². The predicted molar refractivity (Wildman–Crippen MR) is 57.8 cm³/mol. The van der Waals surface area contributed by atoms with Gasteiger partial charge in [0.25, 0.3) is 0 Å². The van der Waals surface area contributed by atoms with E-state index in [1.165, 1.54) is 26.2 Å². The molecule has 3 nitrogen and oxygen atoms in total. The number of halogens is 3. The highest BCUT2D eigenvalue weighted by Gasteiger charge is 2.30. The summed E-state index contributed by atoms with van der Waals surface area (Å²) in [6.45, 7) is 0. The number of alkyl halides is 3. The van der Waals surface area contributed by atoms with Gasteiger partial charge in [-0.05, 0) is 11.6 Å². The average Bonchev–Trinajstić information content (AvgIpc) is 2.15. The summed E-state index contributed by atoms with van der Waals surface area (Å²) in [6.07, 6.45) is -4.46. The Balaban J connectivity index is 3.03. The van der Waals surface area contributed by atoms with E-state index >= 15 is 0 Å². The van der Waals surface area contributed by atoms with Crippen molar-refractivity contribution in [2.45, 2.75) is 11.9 Å². The Morgan fingerprint density at radius 2 is 1.82 bits per heavy atom. The summed E-state index contributed by atoms with van der Waals surface area (Å²) >= 11 is 0. The van der Waals surface area contributed by atoms with Crippen molar-refractivity contribution in [3.63, 3.8) is 0 Å². The van der Waals surface area contributed by atoms with Gasteiger partial charge in [-0.2, -0.15) is 13.2 Å². The molecule has 0 aliphatic carbocycles. The number of benzene rings is 1. The zero-order valence-corrected chi connectivity index (χ0v) is 10.1. The van der Waals surface area contributed by atoms with Gasteiger partial charge in [0.05, 0.1) is 11.3 Å². The molecule has 0 saturated heterocycles. The van der Waals surface area contributed by atoms with Gasteiger partial charge in [0.15, 0.2) is 0 Å². The molecule has 0 amide bonds. The van der Waals surface area contributed by atoms with E-state index in [-0.39, 0.29) is 5.56 Å². The van der Waals surface area contributed by atoms with E-state index in [0.717, 1.165) is 16.4 Å². The minimum atomic E-state index is -4.46. The van der Waals surface area contributed by atoms with E-state index in [1.54, 1.807) is 0 Å². The van der Waals surface area contributed by atoms with E-state index in [4.69, 9.17) is 0 Å². The van der Waals surface area contributed by atoms with E-state index in [1.807, 2.05) is 0 Å². The molecule has 0 bridgehead atoms. The minimum absolute atomic E-state index is 0.119. The molecule has 0 saturated carbocycles. The molecule has 0 heterocycles. The number of rotatable bonds is 3. The van der Waals surface area contributed by atoms with Crippen molar-refractivity contribution in [3.05, 3.63) is 35.4 Å². The van der Waals surface area contributed by atoms with Crippen LogP contribution in [0.3, 0.4) is 0 Å². The first-order valence-electron chi connectivity index (χ1n) is 4.69. The molecule has 0 aromatic heterocycles. The normalized spacial score (nSPS) is 13.1. The van der Waals surface area contributed by atoms with Crippen molar-refractivity contribution in [2.75, 3.05) is 14.1 Å². The van der Waals surface area contributed by atoms with Crippen LogP contribution in [0, 0.1) is 0 Å².